The lowest BCUT2D eigenvalue weighted by atomic mass is 10.2. The van der Waals surface area contributed by atoms with Gasteiger partial charge in [-0.3, -0.25) is 9.52 Å². The smallest absolute Gasteiger partial charge is 0.348 e. The predicted molar refractivity (Wildman–Crippen MR) is 135 cm³/mol. The molecule has 0 aliphatic carbocycles. The number of nitrogens with two attached hydrogens (primary N) is 1. The molecule has 3 aromatic carbocycles. The van der Waals surface area contributed by atoms with Crippen LogP contribution in [0.15, 0.2) is 95.2 Å². The Morgan fingerprint density at radius 3 is 2.00 bits per heavy atom. The van der Waals surface area contributed by atoms with Crippen LogP contribution in [0.5, 0.6) is 11.5 Å². The summed E-state index contributed by atoms with van der Waals surface area (Å²) >= 11 is 6.73. The maximum atomic E-state index is 12.0. The number of halogens is 1. The Labute approximate surface area is 210 Å². The number of anilines is 1. The third kappa shape index (κ3) is 7.31. The third-order valence-corrected chi connectivity index (χ3v) is 6.88. The van der Waals surface area contributed by atoms with Crippen LogP contribution in [0.1, 0.15) is 20.0 Å². The van der Waals surface area contributed by atoms with Crippen molar-refractivity contribution in [2.24, 2.45) is 5.73 Å². The number of amides is 1. The van der Waals surface area contributed by atoms with Gasteiger partial charge in [-0.15, -0.1) is 11.3 Å². The Bertz CT molecular complexity index is 1400. The highest BCUT2D eigenvalue weighted by Gasteiger charge is 2.19. The Morgan fingerprint density at radius 2 is 1.46 bits per heavy atom. The number of carbonyl (C=O) groups is 2. The van der Waals surface area contributed by atoms with Crippen molar-refractivity contribution in [3.8, 4) is 11.5 Å². The van der Waals surface area contributed by atoms with Crippen LogP contribution in [0.25, 0.3) is 0 Å². The Hall–Kier alpha value is -3.86. The van der Waals surface area contributed by atoms with Crippen molar-refractivity contribution in [3.63, 3.8) is 0 Å². The van der Waals surface area contributed by atoms with Crippen molar-refractivity contribution in [3.05, 3.63) is 106 Å². The molecule has 0 saturated carbocycles. The third-order valence-electron chi connectivity index (χ3n) is 4.35. The van der Waals surface area contributed by atoms with Gasteiger partial charge in [-0.1, -0.05) is 29.8 Å². The van der Waals surface area contributed by atoms with Gasteiger partial charge in [-0.05, 0) is 72.1 Å². The first-order chi connectivity index (χ1) is 16.7. The molecule has 0 aliphatic rings. The van der Waals surface area contributed by atoms with E-state index < -0.39 is 21.9 Å². The number of carboxylic acid groups (broad SMARTS) is 1. The zero-order valence-corrected chi connectivity index (χ0v) is 20.3. The van der Waals surface area contributed by atoms with Crippen molar-refractivity contribution in [2.45, 2.75) is 4.90 Å². The molecule has 0 spiro atoms. The summed E-state index contributed by atoms with van der Waals surface area (Å²) in [4.78, 5) is 21.8. The fourth-order valence-electron chi connectivity index (χ4n) is 2.68. The van der Waals surface area contributed by atoms with Crippen molar-refractivity contribution < 1.29 is 27.9 Å². The summed E-state index contributed by atoms with van der Waals surface area (Å²) in [5.41, 5.74) is 5.67. The highest BCUT2D eigenvalue weighted by Crippen LogP contribution is 2.25. The van der Waals surface area contributed by atoms with Crippen LogP contribution < -0.4 is 15.2 Å². The molecular formula is C24H19ClN2O6S2. The number of hydrogen-bond donors (Lipinski definition) is 3. The van der Waals surface area contributed by atoms with Gasteiger partial charge in [0, 0.05) is 10.6 Å². The topological polar surface area (TPSA) is 136 Å². The Kier molecular flexibility index (Phi) is 8.48. The second-order valence-corrected chi connectivity index (χ2v) is 9.87. The highest BCUT2D eigenvalue weighted by atomic mass is 35.5. The monoisotopic (exact) mass is 530 g/mol. The van der Waals surface area contributed by atoms with Gasteiger partial charge in [0.25, 0.3) is 10.0 Å². The number of rotatable bonds is 7. The second-order valence-electron chi connectivity index (χ2n) is 6.83. The van der Waals surface area contributed by atoms with E-state index in [2.05, 4.69) is 4.72 Å². The lowest BCUT2D eigenvalue weighted by molar-refractivity contribution is 0.0703. The largest absolute Gasteiger partial charge is 0.477 e. The molecule has 0 atom stereocenters. The molecule has 4 N–H and O–H groups in total. The number of aromatic carboxylic acids is 1. The molecule has 180 valence electrons. The molecule has 11 heteroatoms. The van der Waals surface area contributed by atoms with Crippen LogP contribution in [-0.2, 0) is 10.0 Å². The van der Waals surface area contributed by atoms with Crippen molar-refractivity contribution in [1.82, 2.24) is 0 Å². The first-order valence-electron chi connectivity index (χ1n) is 9.87. The van der Waals surface area contributed by atoms with Crippen LogP contribution >= 0.6 is 22.9 Å². The van der Waals surface area contributed by atoms with E-state index in [1.165, 1.54) is 23.6 Å². The van der Waals surface area contributed by atoms with Gasteiger partial charge in [-0.2, -0.15) is 0 Å². The molecule has 35 heavy (non-hydrogen) atoms. The van der Waals surface area contributed by atoms with Gasteiger partial charge in [0.15, 0.2) is 0 Å². The number of thiophene rings is 1. The van der Waals surface area contributed by atoms with Crippen LogP contribution in [0.3, 0.4) is 0 Å². The van der Waals surface area contributed by atoms with E-state index in [0.717, 1.165) is 11.3 Å². The zero-order chi connectivity index (χ0) is 25.4. The van der Waals surface area contributed by atoms with Gasteiger partial charge in [0.1, 0.15) is 16.4 Å². The molecule has 8 nitrogen and oxygen atoms in total. The molecule has 0 bridgehead atoms. The molecule has 0 aliphatic heterocycles. The van der Waals surface area contributed by atoms with Crippen molar-refractivity contribution in [2.75, 3.05) is 4.72 Å². The number of carbonyl (C=O) groups excluding carboxylic acids is 1. The number of hydrogen-bond acceptors (Lipinski definition) is 6. The minimum atomic E-state index is -3.75. The van der Waals surface area contributed by atoms with Gasteiger partial charge in [-0.25, -0.2) is 13.2 Å². The number of carboxylic acids is 1. The van der Waals surface area contributed by atoms with E-state index in [9.17, 15) is 18.0 Å². The molecule has 0 radical (unpaired) electrons. The molecule has 0 fully saturated rings. The van der Waals surface area contributed by atoms with E-state index in [4.69, 9.17) is 27.2 Å². The summed E-state index contributed by atoms with van der Waals surface area (Å²) in [6.07, 6.45) is 0. The summed E-state index contributed by atoms with van der Waals surface area (Å²) in [7, 11) is -3.75. The molecule has 4 aromatic rings. The number of benzene rings is 3. The minimum absolute atomic E-state index is 0.0329. The number of nitrogens with one attached hydrogen (secondary N) is 1. The first-order valence-corrected chi connectivity index (χ1v) is 12.6. The van der Waals surface area contributed by atoms with Crippen LogP contribution in [0.4, 0.5) is 5.69 Å². The van der Waals surface area contributed by atoms with E-state index in [1.54, 1.807) is 66.7 Å². The fraction of sp³-hybridized carbons (Fsp3) is 0. The van der Waals surface area contributed by atoms with Crippen LogP contribution in [-0.4, -0.2) is 25.4 Å². The maximum absolute atomic E-state index is 12.0. The predicted octanol–water partition coefficient (Wildman–Crippen LogP) is 5.48. The summed E-state index contributed by atoms with van der Waals surface area (Å²) < 4.78 is 31.8. The normalized spacial score (nSPS) is 10.5. The summed E-state index contributed by atoms with van der Waals surface area (Å²) in [5, 5.41) is 11.1. The van der Waals surface area contributed by atoms with Crippen molar-refractivity contribution >= 4 is 50.5 Å². The Balaban J connectivity index is 0.000000196. The lowest BCUT2D eigenvalue weighted by Crippen LogP contribution is -2.14. The number of primary amides is 1. The SMILES string of the molecule is NC(=O)c1ccc(Oc2ccc(Cl)cc2)cc1.O=C(O)c1sccc1NS(=O)(=O)c1ccccc1. The summed E-state index contributed by atoms with van der Waals surface area (Å²) in [6.45, 7) is 0. The minimum Gasteiger partial charge on any atom is -0.477 e. The Morgan fingerprint density at radius 1 is 0.886 bits per heavy atom. The van der Waals surface area contributed by atoms with Gasteiger partial charge in [0.2, 0.25) is 5.91 Å². The van der Waals surface area contributed by atoms with Crippen LogP contribution in [0, 0.1) is 0 Å². The molecule has 1 heterocycles. The molecule has 1 aromatic heterocycles. The summed E-state index contributed by atoms with van der Waals surface area (Å²) in [5.74, 6) is -0.294. The van der Waals surface area contributed by atoms with E-state index in [1.807, 2.05) is 0 Å². The highest BCUT2D eigenvalue weighted by molar-refractivity contribution is 7.92. The second kappa shape index (κ2) is 11.5. The first kappa shape index (κ1) is 25.8. The lowest BCUT2D eigenvalue weighted by Gasteiger charge is -2.07. The molecule has 4 rings (SSSR count). The number of sulfonamides is 1. The van der Waals surface area contributed by atoms with Gasteiger partial charge < -0.3 is 15.6 Å². The fourth-order valence-corrected chi connectivity index (χ4v) is 4.66. The molecule has 1 amide bonds. The van der Waals surface area contributed by atoms with Crippen molar-refractivity contribution in [1.29, 1.82) is 0 Å². The maximum Gasteiger partial charge on any atom is 0.348 e. The summed E-state index contributed by atoms with van der Waals surface area (Å²) in [6, 6.07) is 22.8. The standard InChI is InChI=1S/C13H10ClNO2.C11H9NO4S2/c14-10-3-7-12(8-4-10)17-11-5-1-9(2-6-11)13(15)16;13-11(14)10-9(6-7-17-10)12-18(15,16)8-4-2-1-3-5-8/h1-8H,(H2,15,16);1-7,12H,(H,13,14). The van der Waals surface area contributed by atoms with Gasteiger partial charge >= 0.3 is 5.97 Å². The quantitative estimate of drug-likeness (QED) is 0.289. The number of ether oxygens (including phenoxy) is 1. The van der Waals surface area contributed by atoms with Crippen LogP contribution in [0.2, 0.25) is 5.02 Å². The molecular weight excluding hydrogens is 512 g/mol. The van der Waals surface area contributed by atoms with E-state index >= 15 is 0 Å². The van der Waals surface area contributed by atoms with Gasteiger partial charge in [0.05, 0.1) is 10.6 Å². The average Bonchev–Trinajstić information content (AvgIpc) is 3.30. The molecule has 0 unspecified atom stereocenters. The average molecular weight is 531 g/mol. The zero-order valence-electron chi connectivity index (χ0n) is 17.9. The molecule has 0 saturated heterocycles. The van der Waals surface area contributed by atoms with E-state index in [-0.39, 0.29) is 15.5 Å². The van der Waals surface area contributed by atoms with E-state index in [0.29, 0.717) is 22.1 Å².